The van der Waals surface area contributed by atoms with Crippen LogP contribution in [0.2, 0.25) is 5.02 Å². The van der Waals surface area contributed by atoms with Crippen molar-refractivity contribution in [3.63, 3.8) is 0 Å². The van der Waals surface area contributed by atoms with Crippen molar-refractivity contribution in [3.05, 3.63) is 34.9 Å². The maximum atomic E-state index is 6.00. The van der Waals surface area contributed by atoms with Crippen LogP contribution in [0.1, 0.15) is 17.9 Å². The highest BCUT2D eigenvalue weighted by atomic mass is 79.9. The summed E-state index contributed by atoms with van der Waals surface area (Å²) in [4.78, 5) is 0.655. The van der Waals surface area contributed by atoms with Crippen LogP contribution in [0, 0.1) is 0 Å². The zero-order valence-corrected chi connectivity index (χ0v) is 8.27. The van der Waals surface area contributed by atoms with Crippen molar-refractivity contribution < 1.29 is 0 Å². The van der Waals surface area contributed by atoms with Crippen LogP contribution < -0.4 is 0 Å². The Morgan fingerprint density at radius 3 is 2.55 bits per heavy atom. The Hall–Kier alpha value is -0.0100. The fraction of sp³-hybridized carbons (Fsp3) is 0.333. The second-order valence-corrected chi connectivity index (χ2v) is 4.46. The molecule has 1 aromatic carbocycles. The molecule has 1 fully saturated rings. The lowest BCUT2D eigenvalue weighted by Crippen LogP contribution is -1.81. The summed E-state index contributed by atoms with van der Waals surface area (Å²) in [6, 6.07) is 8.07. The van der Waals surface area contributed by atoms with Crippen molar-refractivity contribution in [2.24, 2.45) is 0 Å². The summed E-state index contributed by atoms with van der Waals surface area (Å²) in [6.45, 7) is 0. The number of hydrogen-bond acceptors (Lipinski definition) is 0. The highest BCUT2D eigenvalue weighted by molar-refractivity contribution is 9.09. The van der Waals surface area contributed by atoms with Crippen molar-refractivity contribution >= 4 is 27.5 Å². The molecule has 0 amide bonds. The molecule has 0 aromatic heterocycles. The van der Waals surface area contributed by atoms with Crippen LogP contribution in [0.4, 0.5) is 0 Å². The van der Waals surface area contributed by atoms with Gasteiger partial charge in [-0.25, -0.2) is 0 Å². The molecule has 2 heteroatoms. The number of rotatable bonds is 1. The predicted octanol–water partition coefficient (Wildman–Crippen LogP) is 3.59. The van der Waals surface area contributed by atoms with E-state index in [1.807, 2.05) is 18.2 Å². The Morgan fingerprint density at radius 2 is 2.00 bits per heavy atom. The molecule has 0 bridgehead atoms. The second-order valence-electron chi connectivity index (χ2n) is 2.88. The summed E-state index contributed by atoms with van der Waals surface area (Å²) in [7, 11) is 0. The van der Waals surface area contributed by atoms with Crippen LogP contribution in [-0.2, 0) is 0 Å². The first kappa shape index (κ1) is 7.63. The summed E-state index contributed by atoms with van der Waals surface area (Å²) in [6.07, 6.45) is 1.23. The summed E-state index contributed by atoms with van der Waals surface area (Å²) < 4.78 is 0. The molecule has 1 aliphatic rings. The zero-order valence-electron chi connectivity index (χ0n) is 5.93. The molecule has 0 aliphatic heterocycles. The highest BCUT2D eigenvalue weighted by Gasteiger charge is 2.36. The second kappa shape index (κ2) is 2.80. The van der Waals surface area contributed by atoms with E-state index in [4.69, 9.17) is 11.6 Å². The van der Waals surface area contributed by atoms with Gasteiger partial charge in [0, 0.05) is 9.85 Å². The average molecular weight is 232 g/mol. The SMILES string of the molecule is Clc1ccccc1[C@H]1C[C@H]1Br. The average Bonchev–Trinajstić information content (AvgIpc) is 2.68. The third kappa shape index (κ3) is 1.45. The number of hydrogen-bond donors (Lipinski definition) is 0. The maximum Gasteiger partial charge on any atom is 0.0441 e. The van der Waals surface area contributed by atoms with E-state index in [9.17, 15) is 0 Å². The van der Waals surface area contributed by atoms with Gasteiger partial charge in [0.25, 0.3) is 0 Å². The molecule has 0 spiro atoms. The van der Waals surface area contributed by atoms with E-state index in [0.29, 0.717) is 10.7 Å². The van der Waals surface area contributed by atoms with Crippen LogP contribution in [0.15, 0.2) is 24.3 Å². The molecule has 0 nitrogen and oxygen atoms in total. The van der Waals surface area contributed by atoms with Crippen LogP contribution >= 0.6 is 27.5 Å². The van der Waals surface area contributed by atoms with E-state index in [2.05, 4.69) is 22.0 Å². The van der Waals surface area contributed by atoms with Crippen molar-refractivity contribution in [1.29, 1.82) is 0 Å². The van der Waals surface area contributed by atoms with E-state index < -0.39 is 0 Å². The van der Waals surface area contributed by atoms with E-state index in [-0.39, 0.29) is 0 Å². The summed E-state index contributed by atoms with van der Waals surface area (Å²) in [5, 5.41) is 0.902. The first-order chi connectivity index (χ1) is 5.29. The van der Waals surface area contributed by atoms with Gasteiger partial charge in [-0.15, -0.1) is 0 Å². The van der Waals surface area contributed by atoms with Crippen LogP contribution in [0.5, 0.6) is 0 Å². The number of benzene rings is 1. The molecule has 0 saturated heterocycles. The van der Waals surface area contributed by atoms with Gasteiger partial charge in [-0.05, 0) is 24.0 Å². The topological polar surface area (TPSA) is 0 Å². The van der Waals surface area contributed by atoms with Gasteiger partial charge in [0.05, 0.1) is 0 Å². The van der Waals surface area contributed by atoms with E-state index in [0.717, 1.165) is 5.02 Å². The molecular weight excluding hydrogens is 223 g/mol. The predicted molar refractivity (Wildman–Crippen MR) is 51.5 cm³/mol. The molecule has 0 unspecified atom stereocenters. The van der Waals surface area contributed by atoms with Crippen molar-refractivity contribution in [2.75, 3.05) is 0 Å². The first-order valence-electron chi connectivity index (χ1n) is 3.67. The fourth-order valence-corrected chi connectivity index (χ4v) is 2.23. The quantitative estimate of drug-likeness (QED) is 0.648. The molecule has 0 heterocycles. The molecule has 1 saturated carbocycles. The number of halogens is 2. The molecule has 0 N–H and O–H groups in total. The zero-order chi connectivity index (χ0) is 7.84. The van der Waals surface area contributed by atoms with Crippen LogP contribution in [-0.4, -0.2) is 4.83 Å². The van der Waals surface area contributed by atoms with Gasteiger partial charge in [0.1, 0.15) is 0 Å². The summed E-state index contributed by atoms with van der Waals surface area (Å²) in [5.74, 6) is 0.656. The van der Waals surface area contributed by atoms with Crippen molar-refractivity contribution in [1.82, 2.24) is 0 Å². The Bertz CT molecular complexity index is 272. The molecule has 11 heavy (non-hydrogen) atoms. The minimum atomic E-state index is 0.655. The summed E-state index contributed by atoms with van der Waals surface area (Å²) in [5.41, 5.74) is 1.29. The summed E-state index contributed by atoms with van der Waals surface area (Å²) >= 11 is 9.56. The van der Waals surface area contributed by atoms with Gasteiger partial charge >= 0.3 is 0 Å². The van der Waals surface area contributed by atoms with Gasteiger partial charge in [-0.3, -0.25) is 0 Å². The lowest BCUT2D eigenvalue weighted by Gasteiger charge is -1.99. The van der Waals surface area contributed by atoms with Gasteiger partial charge in [-0.1, -0.05) is 45.7 Å². The minimum Gasteiger partial charge on any atom is -0.0884 e. The molecular formula is C9H8BrCl. The lowest BCUT2D eigenvalue weighted by atomic mass is 10.1. The van der Waals surface area contributed by atoms with Crippen molar-refractivity contribution in [2.45, 2.75) is 17.2 Å². The van der Waals surface area contributed by atoms with E-state index in [1.54, 1.807) is 0 Å². The Balaban J connectivity index is 2.31. The normalized spacial score (nSPS) is 28.5. The maximum absolute atomic E-state index is 6.00. The lowest BCUT2D eigenvalue weighted by molar-refractivity contribution is 1.14. The Kier molecular flexibility index (Phi) is 1.94. The third-order valence-corrected chi connectivity index (χ3v) is 3.37. The minimum absolute atomic E-state index is 0.655. The highest BCUT2D eigenvalue weighted by Crippen LogP contribution is 2.48. The Morgan fingerprint density at radius 1 is 1.36 bits per heavy atom. The Labute approximate surface area is 79.7 Å². The first-order valence-corrected chi connectivity index (χ1v) is 4.97. The molecule has 2 atom stereocenters. The van der Waals surface area contributed by atoms with Crippen LogP contribution in [0.25, 0.3) is 0 Å². The molecule has 1 aromatic rings. The largest absolute Gasteiger partial charge is 0.0884 e. The standard InChI is InChI=1S/C9H8BrCl/c10-8-5-7(8)6-3-1-2-4-9(6)11/h1-4,7-8H,5H2/t7-,8-/m1/s1. The third-order valence-electron chi connectivity index (χ3n) is 2.02. The van der Waals surface area contributed by atoms with Gasteiger partial charge in [-0.2, -0.15) is 0 Å². The van der Waals surface area contributed by atoms with Gasteiger partial charge in [0.15, 0.2) is 0 Å². The van der Waals surface area contributed by atoms with Crippen LogP contribution in [0.3, 0.4) is 0 Å². The number of alkyl halides is 1. The van der Waals surface area contributed by atoms with E-state index in [1.165, 1.54) is 12.0 Å². The monoisotopic (exact) mass is 230 g/mol. The smallest absolute Gasteiger partial charge is 0.0441 e. The van der Waals surface area contributed by atoms with Crippen molar-refractivity contribution in [3.8, 4) is 0 Å². The van der Waals surface area contributed by atoms with Gasteiger partial charge in [0.2, 0.25) is 0 Å². The molecule has 1 aliphatic carbocycles. The fourth-order valence-electron chi connectivity index (χ4n) is 1.26. The van der Waals surface area contributed by atoms with E-state index >= 15 is 0 Å². The molecule has 0 radical (unpaired) electrons. The molecule has 2 rings (SSSR count). The molecule has 58 valence electrons. The van der Waals surface area contributed by atoms with Gasteiger partial charge < -0.3 is 0 Å².